The molecule has 6 heteroatoms. The zero-order chi connectivity index (χ0) is 14.9. The van der Waals surface area contributed by atoms with Gasteiger partial charge in [-0.05, 0) is 25.2 Å². The van der Waals surface area contributed by atoms with Crippen LogP contribution in [0.4, 0.5) is 0 Å². The van der Waals surface area contributed by atoms with Crippen molar-refractivity contribution in [3.63, 3.8) is 0 Å². The summed E-state index contributed by atoms with van der Waals surface area (Å²) in [5.41, 5.74) is 0. The summed E-state index contributed by atoms with van der Waals surface area (Å²) in [7, 11) is 1.56. The van der Waals surface area contributed by atoms with E-state index in [1.54, 1.807) is 7.05 Å². The van der Waals surface area contributed by atoms with Gasteiger partial charge in [-0.3, -0.25) is 9.59 Å². The highest BCUT2D eigenvalue weighted by atomic mass is 16.4. The van der Waals surface area contributed by atoms with Gasteiger partial charge in [0.25, 0.3) is 0 Å². The Morgan fingerprint density at radius 2 is 1.90 bits per heavy atom. The summed E-state index contributed by atoms with van der Waals surface area (Å²) in [6.45, 7) is 1.36. The van der Waals surface area contributed by atoms with Crippen molar-refractivity contribution in [2.75, 3.05) is 13.6 Å². The maximum Gasteiger partial charge on any atom is 0.326 e. The zero-order valence-corrected chi connectivity index (χ0v) is 12.0. The van der Waals surface area contributed by atoms with E-state index in [9.17, 15) is 19.5 Å². The first kappa shape index (κ1) is 14.8. The summed E-state index contributed by atoms with van der Waals surface area (Å²) in [6, 6.07) is -0.686. The number of carbonyl (C=O) groups excluding carboxylic acids is 2. The van der Waals surface area contributed by atoms with E-state index < -0.39 is 12.0 Å². The van der Waals surface area contributed by atoms with Gasteiger partial charge in [0, 0.05) is 20.0 Å². The molecular formula is C14H22N2O4. The van der Waals surface area contributed by atoms with Crippen molar-refractivity contribution in [1.29, 1.82) is 0 Å². The molecule has 2 amide bonds. The number of likely N-dealkylation sites (N-methyl/N-ethyl adjacent to an activating group) is 1. The van der Waals surface area contributed by atoms with Crippen molar-refractivity contribution in [2.24, 2.45) is 5.92 Å². The van der Waals surface area contributed by atoms with Gasteiger partial charge in [0.2, 0.25) is 11.8 Å². The van der Waals surface area contributed by atoms with Gasteiger partial charge in [-0.15, -0.1) is 0 Å². The average molecular weight is 282 g/mol. The molecule has 20 heavy (non-hydrogen) atoms. The number of carboxylic acids is 1. The first-order valence-corrected chi connectivity index (χ1v) is 7.17. The number of nitrogens with zero attached hydrogens (tertiary/aromatic N) is 2. The van der Waals surface area contributed by atoms with E-state index in [1.165, 1.54) is 16.7 Å². The van der Waals surface area contributed by atoms with Gasteiger partial charge >= 0.3 is 5.97 Å². The third kappa shape index (κ3) is 2.78. The van der Waals surface area contributed by atoms with E-state index in [0.717, 1.165) is 25.7 Å². The number of aliphatic carboxylic acids is 1. The highest BCUT2D eigenvalue weighted by molar-refractivity contribution is 5.88. The lowest BCUT2D eigenvalue weighted by Gasteiger charge is -2.33. The fourth-order valence-corrected chi connectivity index (χ4v) is 3.44. The maximum atomic E-state index is 12.4. The molecule has 112 valence electrons. The topological polar surface area (TPSA) is 77.9 Å². The lowest BCUT2D eigenvalue weighted by atomic mass is 9.85. The van der Waals surface area contributed by atoms with E-state index >= 15 is 0 Å². The third-order valence-corrected chi connectivity index (χ3v) is 4.57. The lowest BCUT2D eigenvalue weighted by molar-refractivity contribution is -0.151. The fourth-order valence-electron chi connectivity index (χ4n) is 3.44. The van der Waals surface area contributed by atoms with Crippen molar-refractivity contribution >= 4 is 17.8 Å². The van der Waals surface area contributed by atoms with Crippen LogP contribution < -0.4 is 0 Å². The molecule has 0 spiro atoms. The largest absolute Gasteiger partial charge is 0.480 e. The van der Waals surface area contributed by atoms with Crippen LogP contribution in [-0.4, -0.2) is 58.4 Å². The Bertz CT molecular complexity index is 423. The maximum absolute atomic E-state index is 12.4. The molecule has 1 saturated heterocycles. The summed E-state index contributed by atoms with van der Waals surface area (Å²) in [4.78, 5) is 37.9. The molecule has 0 aromatic heterocycles. The Labute approximate surface area is 118 Å². The first-order chi connectivity index (χ1) is 9.41. The van der Waals surface area contributed by atoms with Crippen molar-refractivity contribution in [3.8, 4) is 0 Å². The molecule has 1 N–H and O–H groups in total. The Morgan fingerprint density at radius 1 is 1.25 bits per heavy atom. The number of rotatable bonds is 3. The van der Waals surface area contributed by atoms with E-state index in [0.29, 0.717) is 12.3 Å². The van der Waals surface area contributed by atoms with Crippen LogP contribution in [0.25, 0.3) is 0 Å². The van der Waals surface area contributed by atoms with Crippen molar-refractivity contribution < 1.29 is 19.5 Å². The lowest BCUT2D eigenvalue weighted by Crippen LogP contribution is -2.50. The number of hydrogen-bond donors (Lipinski definition) is 1. The molecule has 1 aliphatic carbocycles. The summed E-state index contributed by atoms with van der Waals surface area (Å²) in [6.07, 6.45) is 4.59. The Morgan fingerprint density at radius 3 is 2.50 bits per heavy atom. The van der Waals surface area contributed by atoms with Crippen LogP contribution >= 0.6 is 0 Å². The molecule has 1 heterocycles. The van der Waals surface area contributed by atoms with Crippen molar-refractivity contribution in [3.05, 3.63) is 0 Å². The van der Waals surface area contributed by atoms with Crippen LogP contribution in [-0.2, 0) is 14.4 Å². The van der Waals surface area contributed by atoms with Crippen LogP contribution in [0, 0.1) is 5.92 Å². The summed E-state index contributed by atoms with van der Waals surface area (Å²) in [5.74, 6) is -1.07. The van der Waals surface area contributed by atoms with Crippen LogP contribution in [0.2, 0.25) is 0 Å². The SMILES string of the molecule is CC(=O)N(C)CC(=O)N1C(C(=O)O)CC2CCCCC21. The number of carbonyl (C=O) groups is 3. The van der Waals surface area contributed by atoms with E-state index in [4.69, 9.17) is 0 Å². The minimum absolute atomic E-state index is 0.0394. The quantitative estimate of drug-likeness (QED) is 0.827. The smallest absolute Gasteiger partial charge is 0.326 e. The number of fused-ring (bicyclic) bond motifs is 1. The fraction of sp³-hybridized carbons (Fsp3) is 0.786. The Kier molecular flexibility index (Phi) is 4.30. The van der Waals surface area contributed by atoms with Gasteiger partial charge in [-0.2, -0.15) is 0 Å². The summed E-state index contributed by atoms with van der Waals surface area (Å²) < 4.78 is 0. The minimum Gasteiger partial charge on any atom is -0.480 e. The van der Waals surface area contributed by atoms with Crippen LogP contribution in [0.5, 0.6) is 0 Å². The molecule has 6 nitrogen and oxygen atoms in total. The summed E-state index contributed by atoms with van der Waals surface area (Å²) in [5, 5.41) is 9.35. The predicted octanol–water partition coefficient (Wildman–Crippen LogP) is 0.709. The highest BCUT2D eigenvalue weighted by Gasteiger charge is 2.47. The van der Waals surface area contributed by atoms with Gasteiger partial charge in [-0.25, -0.2) is 4.79 Å². The van der Waals surface area contributed by atoms with E-state index in [2.05, 4.69) is 0 Å². The second-order valence-electron chi connectivity index (χ2n) is 5.88. The number of likely N-dealkylation sites (tertiary alicyclic amines) is 1. The van der Waals surface area contributed by atoms with Gasteiger partial charge in [0.1, 0.15) is 6.04 Å². The molecule has 2 fully saturated rings. The van der Waals surface area contributed by atoms with Gasteiger partial charge < -0.3 is 14.9 Å². The van der Waals surface area contributed by atoms with Gasteiger partial charge in [-0.1, -0.05) is 12.8 Å². The molecule has 0 aromatic carbocycles. The normalized spacial score (nSPS) is 28.9. The molecule has 3 unspecified atom stereocenters. The molecule has 0 aromatic rings. The van der Waals surface area contributed by atoms with Crippen LogP contribution in [0.3, 0.4) is 0 Å². The minimum atomic E-state index is -0.932. The van der Waals surface area contributed by atoms with Crippen LogP contribution in [0.15, 0.2) is 0 Å². The van der Waals surface area contributed by atoms with Crippen LogP contribution in [0.1, 0.15) is 39.0 Å². The summed E-state index contributed by atoms with van der Waals surface area (Å²) >= 11 is 0. The third-order valence-electron chi connectivity index (χ3n) is 4.57. The zero-order valence-electron chi connectivity index (χ0n) is 12.0. The molecule has 1 aliphatic heterocycles. The molecular weight excluding hydrogens is 260 g/mol. The molecule has 1 saturated carbocycles. The molecule has 2 rings (SSSR count). The van der Waals surface area contributed by atoms with Crippen molar-refractivity contribution in [2.45, 2.75) is 51.1 Å². The second-order valence-corrected chi connectivity index (χ2v) is 5.88. The Balaban J connectivity index is 2.14. The Hall–Kier alpha value is -1.59. The number of amides is 2. The molecule has 2 aliphatic rings. The average Bonchev–Trinajstić information content (AvgIpc) is 2.77. The van der Waals surface area contributed by atoms with E-state index in [1.807, 2.05) is 0 Å². The van der Waals surface area contributed by atoms with Gasteiger partial charge in [0.05, 0.1) is 6.54 Å². The molecule has 0 radical (unpaired) electrons. The second kappa shape index (κ2) is 5.81. The number of hydrogen-bond acceptors (Lipinski definition) is 3. The van der Waals surface area contributed by atoms with Crippen molar-refractivity contribution in [1.82, 2.24) is 9.80 Å². The number of carboxylic acid groups (broad SMARTS) is 1. The standard InChI is InChI=1S/C14H22N2O4/c1-9(17)15(2)8-13(18)16-11-6-4-3-5-10(11)7-12(16)14(19)20/h10-12H,3-8H2,1-2H3,(H,19,20). The monoisotopic (exact) mass is 282 g/mol. The predicted molar refractivity (Wildman–Crippen MR) is 71.9 cm³/mol. The van der Waals surface area contributed by atoms with Gasteiger partial charge in [0.15, 0.2) is 0 Å². The molecule has 3 atom stereocenters. The first-order valence-electron chi connectivity index (χ1n) is 7.17. The molecule has 0 bridgehead atoms. The highest BCUT2D eigenvalue weighted by Crippen LogP contribution is 2.39. The van der Waals surface area contributed by atoms with E-state index in [-0.39, 0.29) is 24.4 Å².